The zero-order chi connectivity index (χ0) is 11.1. The maximum Gasteiger partial charge on any atom is 0.119 e. The summed E-state index contributed by atoms with van der Waals surface area (Å²) in [5.74, 6) is 0.786. The predicted octanol–water partition coefficient (Wildman–Crippen LogP) is 1.23. The molecule has 1 aromatic rings. The molecule has 0 aliphatic rings. The van der Waals surface area contributed by atoms with Crippen LogP contribution in [0, 0.1) is 5.92 Å². The van der Waals surface area contributed by atoms with E-state index in [2.05, 4.69) is 0 Å². The molecule has 0 saturated carbocycles. The monoisotopic (exact) mass is 210 g/mol. The van der Waals surface area contributed by atoms with E-state index >= 15 is 0 Å². The van der Waals surface area contributed by atoms with Crippen LogP contribution < -0.4 is 4.74 Å². The average Bonchev–Trinajstić information content (AvgIpc) is 2.28. The van der Waals surface area contributed by atoms with Gasteiger partial charge in [-0.05, 0) is 31.0 Å². The van der Waals surface area contributed by atoms with Gasteiger partial charge in [0.05, 0.1) is 6.61 Å². The number of aliphatic hydroxyl groups is 2. The smallest absolute Gasteiger partial charge is 0.119 e. The summed E-state index contributed by atoms with van der Waals surface area (Å²) in [5, 5.41) is 17.9. The Bertz CT molecular complexity index is 265. The maximum absolute atomic E-state index is 8.94. The Hall–Kier alpha value is -1.06. The molecule has 0 heterocycles. The van der Waals surface area contributed by atoms with Crippen molar-refractivity contribution in [3.8, 4) is 5.75 Å². The zero-order valence-electron chi connectivity index (χ0n) is 9.02. The minimum Gasteiger partial charge on any atom is -0.494 e. The van der Waals surface area contributed by atoms with Crippen molar-refractivity contribution in [1.29, 1.82) is 0 Å². The van der Waals surface area contributed by atoms with Gasteiger partial charge in [0.15, 0.2) is 0 Å². The zero-order valence-corrected chi connectivity index (χ0v) is 9.02. The molecule has 0 unspecified atom stereocenters. The summed E-state index contributed by atoms with van der Waals surface area (Å²) in [7, 11) is 0. The molecule has 0 aliphatic heterocycles. The van der Waals surface area contributed by atoms with Gasteiger partial charge in [-0.2, -0.15) is 0 Å². The molecule has 0 aromatic heterocycles. The Labute approximate surface area is 90.3 Å². The predicted molar refractivity (Wildman–Crippen MR) is 59.0 cm³/mol. The van der Waals surface area contributed by atoms with E-state index in [1.54, 1.807) is 0 Å². The van der Waals surface area contributed by atoms with E-state index in [4.69, 9.17) is 14.9 Å². The number of hydrogen-bond acceptors (Lipinski definition) is 3. The SMILES string of the molecule is CCOc1ccc(CC(CO)CO)cc1. The van der Waals surface area contributed by atoms with Gasteiger partial charge in [-0.15, -0.1) is 0 Å². The molecule has 0 aliphatic carbocycles. The molecule has 2 N–H and O–H groups in total. The Morgan fingerprint density at radius 2 is 1.73 bits per heavy atom. The van der Waals surface area contributed by atoms with E-state index in [-0.39, 0.29) is 19.1 Å². The second kappa shape index (κ2) is 6.43. The molecule has 0 atom stereocenters. The van der Waals surface area contributed by atoms with Crippen LogP contribution in [0.2, 0.25) is 0 Å². The maximum atomic E-state index is 8.94. The first-order chi connectivity index (χ1) is 7.30. The van der Waals surface area contributed by atoms with E-state index in [0.29, 0.717) is 13.0 Å². The first-order valence-electron chi connectivity index (χ1n) is 5.23. The molecule has 0 fully saturated rings. The summed E-state index contributed by atoms with van der Waals surface area (Å²) in [5.41, 5.74) is 1.10. The number of ether oxygens (including phenoxy) is 1. The summed E-state index contributed by atoms with van der Waals surface area (Å²) in [6, 6.07) is 7.74. The molecule has 0 bridgehead atoms. The first kappa shape index (κ1) is 12.0. The van der Waals surface area contributed by atoms with Crippen LogP contribution in [0.15, 0.2) is 24.3 Å². The molecule has 0 saturated heterocycles. The van der Waals surface area contributed by atoms with Crippen molar-refractivity contribution in [2.75, 3.05) is 19.8 Å². The van der Waals surface area contributed by atoms with Crippen LogP contribution in [-0.2, 0) is 6.42 Å². The van der Waals surface area contributed by atoms with Crippen molar-refractivity contribution in [1.82, 2.24) is 0 Å². The molecule has 84 valence electrons. The third-order valence-corrected chi connectivity index (χ3v) is 2.28. The van der Waals surface area contributed by atoms with E-state index in [1.807, 2.05) is 31.2 Å². The van der Waals surface area contributed by atoms with Gasteiger partial charge in [-0.3, -0.25) is 0 Å². The van der Waals surface area contributed by atoms with Crippen LogP contribution in [0.25, 0.3) is 0 Å². The summed E-state index contributed by atoms with van der Waals surface area (Å²) in [6.45, 7) is 2.64. The first-order valence-corrected chi connectivity index (χ1v) is 5.23. The highest BCUT2D eigenvalue weighted by Gasteiger charge is 2.06. The van der Waals surface area contributed by atoms with Crippen molar-refractivity contribution < 1.29 is 14.9 Å². The van der Waals surface area contributed by atoms with E-state index in [9.17, 15) is 0 Å². The topological polar surface area (TPSA) is 49.7 Å². The van der Waals surface area contributed by atoms with Crippen molar-refractivity contribution in [2.45, 2.75) is 13.3 Å². The van der Waals surface area contributed by atoms with E-state index in [0.717, 1.165) is 11.3 Å². The number of hydrogen-bond donors (Lipinski definition) is 2. The Morgan fingerprint density at radius 3 is 2.20 bits per heavy atom. The van der Waals surface area contributed by atoms with Gasteiger partial charge in [0.25, 0.3) is 0 Å². The molecular weight excluding hydrogens is 192 g/mol. The van der Waals surface area contributed by atoms with E-state index in [1.165, 1.54) is 0 Å². The highest BCUT2D eigenvalue weighted by atomic mass is 16.5. The number of aliphatic hydroxyl groups excluding tert-OH is 2. The quantitative estimate of drug-likeness (QED) is 0.742. The third kappa shape index (κ3) is 3.90. The molecule has 0 radical (unpaired) electrons. The minimum atomic E-state index is -0.0667. The summed E-state index contributed by atoms with van der Waals surface area (Å²) in [6.07, 6.45) is 0.694. The lowest BCUT2D eigenvalue weighted by molar-refractivity contribution is 0.150. The molecular formula is C12H18O3. The Morgan fingerprint density at radius 1 is 1.13 bits per heavy atom. The van der Waals surface area contributed by atoms with Gasteiger partial charge in [-0.25, -0.2) is 0 Å². The number of benzene rings is 1. The molecule has 1 aromatic carbocycles. The van der Waals surface area contributed by atoms with Crippen molar-refractivity contribution >= 4 is 0 Å². The highest BCUT2D eigenvalue weighted by Crippen LogP contribution is 2.14. The fourth-order valence-corrected chi connectivity index (χ4v) is 1.41. The van der Waals surface area contributed by atoms with Crippen LogP contribution in [0.3, 0.4) is 0 Å². The van der Waals surface area contributed by atoms with Gasteiger partial charge in [-0.1, -0.05) is 12.1 Å². The lowest BCUT2D eigenvalue weighted by Crippen LogP contribution is -2.13. The van der Waals surface area contributed by atoms with Gasteiger partial charge in [0, 0.05) is 19.1 Å². The third-order valence-electron chi connectivity index (χ3n) is 2.28. The summed E-state index contributed by atoms with van der Waals surface area (Å²) >= 11 is 0. The van der Waals surface area contributed by atoms with Gasteiger partial charge >= 0.3 is 0 Å². The molecule has 15 heavy (non-hydrogen) atoms. The van der Waals surface area contributed by atoms with Crippen LogP contribution in [0.4, 0.5) is 0 Å². The molecule has 3 nitrogen and oxygen atoms in total. The second-order valence-electron chi connectivity index (χ2n) is 3.51. The van der Waals surface area contributed by atoms with Crippen LogP contribution in [0.1, 0.15) is 12.5 Å². The summed E-state index contributed by atoms with van der Waals surface area (Å²) in [4.78, 5) is 0. The fraction of sp³-hybridized carbons (Fsp3) is 0.500. The fourth-order valence-electron chi connectivity index (χ4n) is 1.41. The molecule has 0 amide bonds. The van der Waals surface area contributed by atoms with Crippen LogP contribution in [0.5, 0.6) is 5.75 Å². The molecule has 1 rings (SSSR count). The normalized spacial score (nSPS) is 10.7. The standard InChI is InChI=1S/C12H18O3/c1-2-15-12-5-3-10(4-6-12)7-11(8-13)9-14/h3-6,11,13-14H,2,7-9H2,1H3. The Balaban J connectivity index is 2.55. The highest BCUT2D eigenvalue weighted by molar-refractivity contribution is 5.27. The average molecular weight is 210 g/mol. The van der Waals surface area contributed by atoms with Gasteiger partial charge in [0.1, 0.15) is 5.75 Å². The number of rotatable bonds is 6. The van der Waals surface area contributed by atoms with Gasteiger partial charge < -0.3 is 14.9 Å². The van der Waals surface area contributed by atoms with Crippen LogP contribution >= 0.6 is 0 Å². The lowest BCUT2D eigenvalue weighted by Gasteiger charge is -2.11. The molecule has 3 heteroatoms. The van der Waals surface area contributed by atoms with Crippen LogP contribution in [-0.4, -0.2) is 30.0 Å². The largest absolute Gasteiger partial charge is 0.494 e. The van der Waals surface area contributed by atoms with Crippen molar-refractivity contribution in [2.24, 2.45) is 5.92 Å². The minimum absolute atomic E-state index is 0.0176. The summed E-state index contributed by atoms with van der Waals surface area (Å²) < 4.78 is 5.32. The molecule has 0 spiro atoms. The van der Waals surface area contributed by atoms with Crippen molar-refractivity contribution in [3.05, 3.63) is 29.8 Å². The Kier molecular flexibility index (Phi) is 5.15. The lowest BCUT2D eigenvalue weighted by atomic mass is 10.0. The van der Waals surface area contributed by atoms with Crippen molar-refractivity contribution in [3.63, 3.8) is 0 Å². The second-order valence-corrected chi connectivity index (χ2v) is 3.51. The van der Waals surface area contributed by atoms with E-state index < -0.39 is 0 Å². The van der Waals surface area contributed by atoms with Gasteiger partial charge in [0.2, 0.25) is 0 Å².